The highest BCUT2D eigenvalue weighted by Crippen LogP contribution is 2.20. The number of fused-ring (bicyclic) bond motifs is 1. The van der Waals surface area contributed by atoms with Crippen molar-refractivity contribution in [1.82, 2.24) is 20.2 Å². The molecule has 0 unspecified atom stereocenters. The Hall–Kier alpha value is -1.89. The molecule has 0 saturated heterocycles. The Morgan fingerprint density at radius 2 is 1.96 bits per heavy atom. The molecule has 0 bridgehead atoms. The molecule has 1 aromatic rings. The number of carbonyl (C=O) groups excluding carboxylic acids is 1. The van der Waals surface area contributed by atoms with E-state index in [4.69, 9.17) is 4.74 Å². The third kappa shape index (κ3) is 5.56. The summed E-state index contributed by atoms with van der Waals surface area (Å²) in [5.41, 5.74) is 0.903. The zero-order valence-corrected chi connectivity index (χ0v) is 16.2. The fraction of sp³-hybridized carbons (Fsp3) is 0.722. The summed E-state index contributed by atoms with van der Waals surface area (Å²) in [5.74, 6) is 0.713. The molecule has 1 aliphatic heterocycles. The van der Waals surface area contributed by atoms with E-state index in [2.05, 4.69) is 20.2 Å². The summed E-state index contributed by atoms with van der Waals surface area (Å²) in [5, 5.41) is 2.77. The number of hydrogen-bond acceptors (Lipinski definition) is 5. The Balaban J connectivity index is 1.95. The maximum absolute atomic E-state index is 12.3. The molecule has 0 atom stereocenters. The molecule has 0 aliphatic carbocycles. The summed E-state index contributed by atoms with van der Waals surface area (Å²) in [4.78, 5) is 33.8. The van der Waals surface area contributed by atoms with Gasteiger partial charge in [-0.05, 0) is 27.2 Å². The molecule has 0 fully saturated rings. The molecule has 1 aromatic heterocycles. The van der Waals surface area contributed by atoms with Crippen LogP contribution in [0.2, 0.25) is 0 Å². The second kappa shape index (κ2) is 7.15. The first-order chi connectivity index (χ1) is 11.5. The fourth-order valence-electron chi connectivity index (χ4n) is 2.67. The zero-order chi connectivity index (χ0) is 18.8. The summed E-state index contributed by atoms with van der Waals surface area (Å²) in [6, 6.07) is 0. The van der Waals surface area contributed by atoms with Gasteiger partial charge in [0, 0.05) is 37.2 Å². The van der Waals surface area contributed by atoms with Crippen LogP contribution in [0.15, 0.2) is 4.79 Å². The van der Waals surface area contributed by atoms with E-state index in [-0.39, 0.29) is 11.0 Å². The SMILES string of the molecule is CC(C)(C)OC(=O)NCCN1CCc2c(nc(C(C)(C)C)[nH]c2=O)C1. The molecule has 25 heavy (non-hydrogen) atoms. The Kier molecular flexibility index (Phi) is 5.56. The van der Waals surface area contributed by atoms with Gasteiger partial charge in [-0.1, -0.05) is 20.8 Å². The smallest absolute Gasteiger partial charge is 0.407 e. The Bertz CT molecular complexity index is 683. The summed E-state index contributed by atoms with van der Waals surface area (Å²) in [6.45, 7) is 14.2. The number of ether oxygens (including phenoxy) is 1. The normalized spacial score (nSPS) is 15.6. The van der Waals surface area contributed by atoms with E-state index in [1.165, 1.54) is 0 Å². The molecule has 7 nitrogen and oxygen atoms in total. The number of aromatic nitrogens is 2. The molecule has 2 heterocycles. The minimum Gasteiger partial charge on any atom is -0.444 e. The molecule has 1 amide bonds. The van der Waals surface area contributed by atoms with E-state index in [1.54, 1.807) is 0 Å². The van der Waals surface area contributed by atoms with Crippen molar-refractivity contribution in [2.45, 2.75) is 65.5 Å². The standard InChI is InChI=1S/C18H30N4O3/c1-17(2,3)15-20-13-11-22(9-7-12(13)14(23)21-15)10-8-19-16(24)25-18(4,5)6/h7-11H2,1-6H3,(H,19,24)(H,20,21,23). The zero-order valence-electron chi connectivity index (χ0n) is 16.2. The highest BCUT2D eigenvalue weighted by molar-refractivity contribution is 5.67. The van der Waals surface area contributed by atoms with Crippen molar-refractivity contribution in [2.75, 3.05) is 19.6 Å². The predicted octanol–water partition coefficient (Wildman–Crippen LogP) is 1.95. The summed E-state index contributed by atoms with van der Waals surface area (Å²) in [6.07, 6.45) is 0.267. The second-order valence-electron chi connectivity index (χ2n) is 8.54. The monoisotopic (exact) mass is 350 g/mol. The van der Waals surface area contributed by atoms with E-state index in [0.717, 1.165) is 17.8 Å². The first kappa shape index (κ1) is 19.4. The average molecular weight is 350 g/mol. The predicted molar refractivity (Wildman–Crippen MR) is 96.8 cm³/mol. The maximum atomic E-state index is 12.3. The van der Waals surface area contributed by atoms with Crippen molar-refractivity contribution in [2.24, 2.45) is 0 Å². The first-order valence-corrected chi connectivity index (χ1v) is 8.77. The molecule has 0 spiro atoms. The van der Waals surface area contributed by atoms with Crippen molar-refractivity contribution in [1.29, 1.82) is 0 Å². The Labute approximate surface area is 149 Å². The molecule has 0 aromatic carbocycles. The number of hydrogen-bond donors (Lipinski definition) is 2. The second-order valence-corrected chi connectivity index (χ2v) is 8.54. The highest BCUT2D eigenvalue weighted by Gasteiger charge is 2.24. The first-order valence-electron chi connectivity index (χ1n) is 8.77. The van der Waals surface area contributed by atoms with Crippen molar-refractivity contribution in [3.8, 4) is 0 Å². The molecule has 1 aliphatic rings. The average Bonchev–Trinajstić information content (AvgIpc) is 2.44. The van der Waals surface area contributed by atoms with Crippen LogP contribution in [0.25, 0.3) is 0 Å². The van der Waals surface area contributed by atoms with Gasteiger partial charge in [0.05, 0.1) is 5.69 Å². The van der Waals surface area contributed by atoms with Crippen LogP contribution >= 0.6 is 0 Å². The van der Waals surface area contributed by atoms with E-state index in [0.29, 0.717) is 31.9 Å². The van der Waals surface area contributed by atoms with E-state index in [1.807, 2.05) is 41.5 Å². The number of carbonyl (C=O) groups is 1. The van der Waals surface area contributed by atoms with Crippen molar-refractivity contribution < 1.29 is 9.53 Å². The topological polar surface area (TPSA) is 87.3 Å². The van der Waals surface area contributed by atoms with Gasteiger partial charge in [0.25, 0.3) is 5.56 Å². The van der Waals surface area contributed by atoms with Crippen molar-refractivity contribution in [3.05, 3.63) is 27.4 Å². The highest BCUT2D eigenvalue weighted by atomic mass is 16.6. The molecule has 0 saturated carbocycles. The van der Waals surface area contributed by atoms with Gasteiger partial charge < -0.3 is 15.0 Å². The number of aromatic amines is 1. The fourth-order valence-corrected chi connectivity index (χ4v) is 2.67. The number of alkyl carbamates (subject to hydrolysis) is 1. The van der Waals surface area contributed by atoms with Crippen LogP contribution in [-0.2, 0) is 23.1 Å². The lowest BCUT2D eigenvalue weighted by molar-refractivity contribution is 0.0521. The lowest BCUT2D eigenvalue weighted by Crippen LogP contribution is -2.41. The van der Waals surface area contributed by atoms with Crippen LogP contribution < -0.4 is 10.9 Å². The van der Waals surface area contributed by atoms with E-state index in [9.17, 15) is 9.59 Å². The quantitative estimate of drug-likeness (QED) is 0.870. The van der Waals surface area contributed by atoms with Crippen LogP contribution in [0.3, 0.4) is 0 Å². The van der Waals surface area contributed by atoms with Crippen molar-refractivity contribution in [3.63, 3.8) is 0 Å². The van der Waals surface area contributed by atoms with Gasteiger partial charge >= 0.3 is 6.09 Å². The van der Waals surface area contributed by atoms with Gasteiger partial charge in [0.2, 0.25) is 0 Å². The van der Waals surface area contributed by atoms with Gasteiger partial charge in [-0.2, -0.15) is 0 Å². The van der Waals surface area contributed by atoms with Gasteiger partial charge in [-0.15, -0.1) is 0 Å². The Morgan fingerprint density at radius 3 is 2.56 bits per heavy atom. The van der Waals surface area contributed by atoms with Crippen LogP contribution in [0.5, 0.6) is 0 Å². The number of nitrogens with one attached hydrogen (secondary N) is 2. The van der Waals surface area contributed by atoms with Gasteiger partial charge in [-0.3, -0.25) is 9.69 Å². The lowest BCUT2D eigenvalue weighted by Gasteiger charge is -2.29. The van der Waals surface area contributed by atoms with Gasteiger partial charge in [0.1, 0.15) is 11.4 Å². The third-order valence-electron chi connectivity index (χ3n) is 3.96. The van der Waals surface area contributed by atoms with E-state index >= 15 is 0 Å². The van der Waals surface area contributed by atoms with Crippen LogP contribution in [0.4, 0.5) is 4.79 Å². The molecule has 140 valence electrons. The number of nitrogens with zero attached hydrogens (tertiary/aromatic N) is 2. The molecule has 7 heteroatoms. The van der Waals surface area contributed by atoms with E-state index < -0.39 is 11.7 Å². The van der Waals surface area contributed by atoms with Gasteiger partial charge in [-0.25, -0.2) is 9.78 Å². The number of amides is 1. The number of H-pyrrole nitrogens is 1. The molecule has 2 N–H and O–H groups in total. The number of rotatable bonds is 3. The summed E-state index contributed by atoms with van der Waals surface area (Å²) < 4.78 is 5.23. The summed E-state index contributed by atoms with van der Waals surface area (Å²) in [7, 11) is 0. The minimum atomic E-state index is -0.498. The lowest BCUT2D eigenvalue weighted by atomic mass is 9.95. The molecular formula is C18H30N4O3. The van der Waals surface area contributed by atoms with Crippen LogP contribution in [0, 0.1) is 0 Å². The maximum Gasteiger partial charge on any atom is 0.407 e. The minimum absolute atomic E-state index is 0.0264. The van der Waals surface area contributed by atoms with Crippen molar-refractivity contribution >= 4 is 6.09 Å². The van der Waals surface area contributed by atoms with Crippen LogP contribution in [-0.4, -0.2) is 46.2 Å². The molecule has 2 rings (SSSR count). The summed E-state index contributed by atoms with van der Waals surface area (Å²) >= 11 is 0. The van der Waals surface area contributed by atoms with Gasteiger partial charge in [0.15, 0.2) is 0 Å². The third-order valence-corrected chi connectivity index (χ3v) is 3.96. The molecular weight excluding hydrogens is 320 g/mol. The van der Waals surface area contributed by atoms with Crippen LogP contribution in [0.1, 0.15) is 58.6 Å². The Morgan fingerprint density at radius 1 is 1.28 bits per heavy atom. The largest absolute Gasteiger partial charge is 0.444 e. The molecule has 0 radical (unpaired) electrons.